The molecule has 3 aromatic carbocycles. The van der Waals surface area contributed by atoms with Crippen LogP contribution in [0.3, 0.4) is 0 Å². The summed E-state index contributed by atoms with van der Waals surface area (Å²) in [6.07, 6.45) is 0. The zero-order chi connectivity index (χ0) is 14.4. The van der Waals surface area contributed by atoms with Crippen molar-refractivity contribution < 1.29 is 0 Å². The highest BCUT2D eigenvalue weighted by Gasteiger charge is 2.26. The first kappa shape index (κ1) is 12.5. The molecule has 1 heterocycles. The lowest BCUT2D eigenvalue weighted by Gasteiger charge is -2.20. The smallest absolute Gasteiger partial charge is 0.114 e. The van der Waals surface area contributed by atoms with E-state index in [1.807, 2.05) is 0 Å². The molecule has 0 atom stereocenters. The molecular weight excluding hydrogens is 274 g/mol. The summed E-state index contributed by atoms with van der Waals surface area (Å²) in [5.41, 5.74) is 4.99. The number of rotatable bonds is 2. The second-order valence-corrected chi connectivity index (χ2v) is 5.94. The molecule has 0 bridgehead atoms. The molecule has 2 heteroatoms. The highest BCUT2D eigenvalue weighted by Crippen LogP contribution is 2.38. The van der Waals surface area contributed by atoms with Gasteiger partial charge in [0.15, 0.2) is 0 Å². The van der Waals surface area contributed by atoms with E-state index >= 15 is 0 Å². The van der Waals surface area contributed by atoms with Gasteiger partial charge in [-0.2, -0.15) is 0 Å². The summed E-state index contributed by atoms with van der Waals surface area (Å²) in [6, 6.07) is 21.5. The lowest BCUT2D eigenvalue weighted by atomic mass is 10.1. The summed E-state index contributed by atoms with van der Waals surface area (Å²) >= 11 is 5.71. The minimum atomic E-state index is 0.826. The van der Waals surface area contributed by atoms with Crippen LogP contribution in [0.4, 0.5) is 5.69 Å². The maximum absolute atomic E-state index is 5.71. The number of thiocarbonyl (C=S) groups is 1. The Morgan fingerprint density at radius 3 is 2.38 bits per heavy atom. The van der Waals surface area contributed by atoms with Gasteiger partial charge in [-0.05, 0) is 23.9 Å². The maximum Gasteiger partial charge on any atom is 0.114 e. The lowest BCUT2D eigenvalue weighted by molar-refractivity contribution is 1.03. The first-order chi connectivity index (χ1) is 10.2. The van der Waals surface area contributed by atoms with Crippen molar-refractivity contribution in [2.24, 2.45) is 0 Å². The van der Waals surface area contributed by atoms with Gasteiger partial charge in [0.1, 0.15) is 4.99 Å². The Labute approximate surface area is 129 Å². The molecule has 1 aliphatic heterocycles. The SMILES string of the molecule is Cc1ccc(CN2C(=S)c3cccc4cccc2c34)cc1. The molecule has 0 aliphatic carbocycles. The molecule has 0 unspecified atom stereocenters. The molecule has 0 radical (unpaired) electrons. The van der Waals surface area contributed by atoms with Gasteiger partial charge in [0.05, 0.1) is 5.69 Å². The van der Waals surface area contributed by atoms with Gasteiger partial charge in [0, 0.05) is 17.5 Å². The average Bonchev–Trinajstić information content (AvgIpc) is 2.78. The zero-order valence-electron chi connectivity index (χ0n) is 11.8. The van der Waals surface area contributed by atoms with Gasteiger partial charge < -0.3 is 4.90 Å². The van der Waals surface area contributed by atoms with E-state index in [1.165, 1.54) is 33.2 Å². The summed E-state index contributed by atoms with van der Waals surface area (Å²) in [5, 5.41) is 2.55. The van der Waals surface area contributed by atoms with Crippen molar-refractivity contribution in [1.82, 2.24) is 0 Å². The minimum absolute atomic E-state index is 0.826. The lowest BCUT2D eigenvalue weighted by Crippen LogP contribution is -2.25. The zero-order valence-corrected chi connectivity index (χ0v) is 12.7. The molecule has 0 saturated carbocycles. The Morgan fingerprint density at radius 2 is 1.62 bits per heavy atom. The van der Waals surface area contributed by atoms with Crippen LogP contribution >= 0.6 is 12.2 Å². The number of benzene rings is 3. The summed E-state index contributed by atoms with van der Waals surface area (Å²) < 4.78 is 0. The topological polar surface area (TPSA) is 3.24 Å². The Balaban J connectivity index is 1.80. The molecule has 0 saturated heterocycles. The Kier molecular flexibility index (Phi) is 2.79. The molecule has 21 heavy (non-hydrogen) atoms. The normalized spacial score (nSPS) is 13.2. The van der Waals surface area contributed by atoms with Gasteiger partial charge in [-0.25, -0.2) is 0 Å². The van der Waals surface area contributed by atoms with Crippen molar-refractivity contribution >= 4 is 33.7 Å². The van der Waals surface area contributed by atoms with Crippen LogP contribution in [0.1, 0.15) is 16.7 Å². The van der Waals surface area contributed by atoms with E-state index in [-0.39, 0.29) is 0 Å². The summed E-state index contributed by atoms with van der Waals surface area (Å²) in [4.78, 5) is 3.18. The van der Waals surface area contributed by atoms with Crippen LogP contribution in [0.25, 0.3) is 10.8 Å². The van der Waals surface area contributed by atoms with Crippen molar-refractivity contribution in [3.63, 3.8) is 0 Å². The minimum Gasteiger partial charge on any atom is -0.327 e. The van der Waals surface area contributed by atoms with Crippen LogP contribution in [-0.2, 0) is 6.54 Å². The first-order valence-electron chi connectivity index (χ1n) is 7.13. The summed E-state index contributed by atoms with van der Waals surface area (Å²) in [7, 11) is 0. The molecule has 4 rings (SSSR count). The molecule has 0 spiro atoms. The van der Waals surface area contributed by atoms with E-state index in [0.29, 0.717) is 0 Å². The molecule has 0 aromatic heterocycles. The number of hydrogen-bond donors (Lipinski definition) is 0. The third-order valence-corrected chi connectivity index (χ3v) is 4.55. The van der Waals surface area contributed by atoms with E-state index in [0.717, 1.165) is 11.5 Å². The van der Waals surface area contributed by atoms with Gasteiger partial charge in [0.2, 0.25) is 0 Å². The fourth-order valence-corrected chi connectivity index (χ4v) is 3.35. The third-order valence-electron chi connectivity index (χ3n) is 4.11. The summed E-state index contributed by atoms with van der Waals surface area (Å²) in [6.45, 7) is 2.94. The Hall–Kier alpha value is -2.19. The largest absolute Gasteiger partial charge is 0.327 e. The average molecular weight is 289 g/mol. The van der Waals surface area contributed by atoms with Crippen molar-refractivity contribution in [2.45, 2.75) is 13.5 Å². The van der Waals surface area contributed by atoms with Crippen molar-refractivity contribution in [2.75, 3.05) is 4.90 Å². The van der Waals surface area contributed by atoms with Crippen LogP contribution in [0.5, 0.6) is 0 Å². The van der Waals surface area contributed by atoms with Crippen LogP contribution < -0.4 is 4.90 Å². The number of nitrogens with zero attached hydrogens (tertiary/aromatic N) is 1. The highest BCUT2D eigenvalue weighted by molar-refractivity contribution is 7.81. The Morgan fingerprint density at radius 1 is 0.905 bits per heavy atom. The van der Waals surface area contributed by atoms with E-state index in [4.69, 9.17) is 12.2 Å². The van der Waals surface area contributed by atoms with Gasteiger partial charge in [-0.1, -0.05) is 72.4 Å². The van der Waals surface area contributed by atoms with Crippen molar-refractivity contribution in [3.8, 4) is 0 Å². The fourth-order valence-electron chi connectivity index (χ4n) is 3.01. The molecule has 0 N–H and O–H groups in total. The molecule has 1 aliphatic rings. The maximum atomic E-state index is 5.71. The monoisotopic (exact) mass is 289 g/mol. The molecule has 0 amide bonds. The molecule has 3 aromatic rings. The number of aryl methyl sites for hydroxylation is 1. The van der Waals surface area contributed by atoms with Crippen molar-refractivity contribution in [1.29, 1.82) is 0 Å². The predicted molar refractivity (Wildman–Crippen MR) is 93.0 cm³/mol. The van der Waals surface area contributed by atoms with Crippen LogP contribution in [0.2, 0.25) is 0 Å². The fraction of sp³-hybridized carbons (Fsp3) is 0.105. The standard InChI is InChI=1S/C19H15NS/c1-13-8-10-14(11-9-13)12-20-17-7-3-5-15-4-2-6-16(18(15)17)19(20)21/h2-11H,12H2,1H3. The Bertz CT molecular complexity index is 844. The van der Waals surface area contributed by atoms with Gasteiger partial charge in [-0.3, -0.25) is 0 Å². The third kappa shape index (κ3) is 1.95. The molecular formula is C19H15NS. The van der Waals surface area contributed by atoms with Gasteiger partial charge in [0.25, 0.3) is 0 Å². The van der Waals surface area contributed by atoms with E-state index < -0.39 is 0 Å². The number of anilines is 1. The van der Waals surface area contributed by atoms with E-state index in [9.17, 15) is 0 Å². The predicted octanol–water partition coefficient (Wildman–Crippen LogP) is 4.84. The van der Waals surface area contributed by atoms with Crippen LogP contribution in [0, 0.1) is 6.92 Å². The second kappa shape index (κ2) is 4.68. The summed E-state index contributed by atoms with van der Waals surface area (Å²) in [5.74, 6) is 0. The number of hydrogen-bond acceptors (Lipinski definition) is 1. The van der Waals surface area contributed by atoms with E-state index in [2.05, 4.69) is 72.5 Å². The molecule has 0 fully saturated rings. The first-order valence-corrected chi connectivity index (χ1v) is 7.54. The molecule has 102 valence electrons. The second-order valence-electron chi connectivity index (χ2n) is 5.56. The van der Waals surface area contributed by atoms with Crippen LogP contribution in [0.15, 0.2) is 60.7 Å². The molecule has 1 nitrogen and oxygen atoms in total. The van der Waals surface area contributed by atoms with Gasteiger partial charge >= 0.3 is 0 Å². The van der Waals surface area contributed by atoms with E-state index in [1.54, 1.807) is 0 Å². The highest BCUT2D eigenvalue weighted by atomic mass is 32.1. The quantitative estimate of drug-likeness (QED) is 0.621. The van der Waals surface area contributed by atoms with Crippen LogP contribution in [-0.4, -0.2) is 4.99 Å². The van der Waals surface area contributed by atoms with Crippen molar-refractivity contribution in [3.05, 3.63) is 77.4 Å². The van der Waals surface area contributed by atoms with Gasteiger partial charge in [-0.15, -0.1) is 0 Å².